The molecule has 0 radical (unpaired) electrons. The van der Waals surface area contributed by atoms with E-state index in [9.17, 15) is 9.59 Å². The van der Waals surface area contributed by atoms with Gasteiger partial charge in [0, 0.05) is 12.4 Å². The molecule has 1 aromatic rings. The molecule has 0 aromatic carbocycles. The number of amides is 1. The average Bonchev–Trinajstić information content (AvgIpc) is 2.85. The quantitative estimate of drug-likeness (QED) is 0.268. The molecule has 0 aliphatic carbocycles. The van der Waals surface area contributed by atoms with Crippen LogP contribution in [-0.4, -0.2) is 78.6 Å². The number of hydrogen-bond acceptors (Lipinski definition) is 9. The van der Waals surface area contributed by atoms with Gasteiger partial charge >= 0.3 is 5.97 Å². The standard InChI is InChI=1S/C6H6N2O.C6H13NO2.C5H9ClO5/c7-6(9)5-2-1-3-8-4-5;1-4(2)3-5(7)6(8)9;6-5(10)4(9)3(8)2(1-7)11-5/h1-4H,(H2,7,9);4-5H,3,7H2,1-2H3,(H,8,9);2-4,7-10H,1H2/t;5-;2-,3-,4-,5?/m.01/s1. The minimum Gasteiger partial charge on any atom is -0.480 e. The Morgan fingerprint density at radius 2 is 1.97 bits per heavy atom. The molecule has 0 spiro atoms. The second-order valence-electron chi connectivity index (χ2n) is 6.56. The summed E-state index contributed by atoms with van der Waals surface area (Å²) < 4.78 is 4.49. The van der Waals surface area contributed by atoms with Gasteiger partial charge in [-0.15, -0.1) is 0 Å². The number of carboxylic acids is 1. The number of halogens is 1. The van der Waals surface area contributed by atoms with Gasteiger partial charge in [0.05, 0.1) is 12.2 Å². The topological polar surface area (TPSA) is 209 Å². The second-order valence-corrected chi connectivity index (χ2v) is 7.11. The summed E-state index contributed by atoms with van der Waals surface area (Å²) >= 11 is 5.20. The van der Waals surface area contributed by atoms with Crippen LogP contribution in [0.15, 0.2) is 24.5 Å². The molecule has 2 rings (SSSR count). The van der Waals surface area contributed by atoms with Crippen molar-refractivity contribution in [2.45, 2.75) is 49.9 Å². The Hall–Kier alpha value is -1.86. The number of aromatic nitrogens is 1. The average molecular weight is 438 g/mol. The number of carbonyl (C=O) groups is 2. The maximum Gasteiger partial charge on any atom is 0.320 e. The number of aliphatic hydroxyl groups is 4. The van der Waals surface area contributed by atoms with Crippen LogP contribution in [0, 0.1) is 5.92 Å². The zero-order valence-electron chi connectivity index (χ0n) is 16.1. The van der Waals surface area contributed by atoms with Crippen LogP contribution >= 0.6 is 11.6 Å². The van der Waals surface area contributed by atoms with E-state index in [1.54, 1.807) is 18.3 Å². The monoisotopic (exact) mass is 437 g/mol. The zero-order chi connectivity index (χ0) is 22.8. The number of nitrogens with two attached hydrogens (primary N) is 2. The molecular weight excluding hydrogens is 410 g/mol. The summed E-state index contributed by atoms with van der Waals surface area (Å²) in [5, 5.41) is 41.5. The van der Waals surface area contributed by atoms with Crippen LogP contribution in [0.25, 0.3) is 0 Å². The zero-order valence-corrected chi connectivity index (χ0v) is 16.8. The number of rotatable bonds is 5. The number of primary amides is 1. The molecule has 0 bridgehead atoms. The van der Waals surface area contributed by atoms with Gasteiger partial charge < -0.3 is 41.7 Å². The van der Waals surface area contributed by atoms with Crippen molar-refractivity contribution < 1.29 is 39.9 Å². The van der Waals surface area contributed by atoms with E-state index in [0.717, 1.165) is 0 Å². The van der Waals surface area contributed by atoms with E-state index in [2.05, 4.69) is 9.72 Å². The molecule has 1 unspecified atom stereocenters. The van der Waals surface area contributed by atoms with Crippen LogP contribution in [-0.2, 0) is 9.53 Å². The number of nitrogens with zero attached hydrogens (tertiary/aromatic N) is 1. The van der Waals surface area contributed by atoms with Gasteiger partial charge in [0.2, 0.25) is 5.91 Å². The highest BCUT2D eigenvalue weighted by atomic mass is 35.5. The van der Waals surface area contributed by atoms with Crippen molar-refractivity contribution in [1.29, 1.82) is 0 Å². The number of carbonyl (C=O) groups excluding carboxylic acids is 1. The Kier molecular flexibility index (Phi) is 11.8. The molecule has 1 fully saturated rings. The summed E-state index contributed by atoms with van der Waals surface area (Å²) in [7, 11) is 0. The molecule has 5 atom stereocenters. The Labute approximate surface area is 172 Å². The summed E-state index contributed by atoms with van der Waals surface area (Å²) in [6.07, 6.45) is -0.416. The predicted molar refractivity (Wildman–Crippen MR) is 103 cm³/mol. The van der Waals surface area contributed by atoms with E-state index in [-0.39, 0.29) is 0 Å². The molecule has 11 nitrogen and oxygen atoms in total. The molecular formula is C17H28ClN3O8. The third kappa shape index (κ3) is 9.94. The van der Waals surface area contributed by atoms with Gasteiger partial charge in [-0.05, 0) is 24.5 Å². The SMILES string of the molecule is CC(C)C[C@H](N)C(=O)O.NC(=O)c1cccnc1.OC[C@H]1OC(O)(Cl)[C@H](O)[C@@H]1O. The van der Waals surface area contributed by atoms with E-state index in [4.69, 9.17) is 48.6 Å². The Bertz CT molecular complexity index is 632. The molecule has 166 valence electrons. The van der Waals surface area contributed by atoms with Crippen LogP contribution in [0.4, 0.5) is 0 Å². The number of alkyl halides is 1. The van der Waals surface area contributed by atoms with Gasteiger partial charge in [-0.2, -0.15) is 0 Å². The lowest BCUT2D eigenvalue weighted by molar-refractivity contribution is -0.169. The van der Waals surface area contributed by atoms with E-state index in [0.29, 0.717) is 17.9 Å². The molecule has 29 heavy (non-hydrogen) atoms. The maximum atomic E-state index is 10.4. The van der Waals surface area contributed by atoms with Crippen molar-refractivity contribution in [2.24, 2.45) is 17.4 Å². The molecule has 0 saturated carbocycles. The summed E-state index contributed by atoms with van der Waals surface area (Å²) in [6, 6.07) is 2.60. The van der Waals surface area contributed by atoms with Gasteiger partial charge in [-0.25, -0.2) is 0 Å². The first-order chi connectivity index (χ1) is 13.3. The number of carboxylic acid groups (broad SMARTS) is 1. The maximum absolute atomic E-state index is 10.4. The van der Waals surface area contributed by atoms with Gasteiger partial charge in [0.15, 0.2) is 6.10 Å². The lowest BCUT2D eigenvalue weighted by Crippen LogP contribution is -2.38. The van der Waals surface area contributed by atoms with Crippen molar-refractivity contribution in [2.75, 3.05) is 6.61 Å². The highest BCUT2D eigenvalue weighted by Crippen LogP contribution is 2.31. The summed E-state index contributed by atoms with van der Waals surface area (Å²) in [6.45, 7) is 3.39. The lowest BCUT2D eigenvalue weighted by atomic mass is 10.1. The largest absolute Gasteiger partial charge is 0.480 e. The van der Waals surface area contributed by atoms with Crippen LogP contribution in [0.1, 0.15) is 30.6 Å². The minimum absolute atomic E-state index is 0.357. The van der Waals surface area contributed by atoms with Crippen LogP contribution < -0.4 is 11.5 Å². The van der Waals surface area contributed by atoms with Crippen molar-refractivity contribution in [3.63, 3.8) is 0 Å². The fraction of sp³-hybridized carbons (Fsp3) is 0.588. The van der Waals surface area contributed by atoms with Gasteiger partial charge in [0.1, 0.15) is 18.2 Å². The van der Waals surface area contributed by atoms with E-state index >= 15 is 0 Å². The van der Waals surface area contributed by atoms with E-state index < -0.39 is 48.1 Å². The summed E-state index contributed by atoms with van der Waals surface area (Å²) in [5.41, 5.74) is 10.6. The first-order valence-electron chi connectivity index (χ1n) is 8.57. The van der Waals surface area contributed by atoms with Crippen molar-refractivity contribution in [1.82, 2.24) is 4.98 Å². The molecule has 1 aliphatic heterocycles. The minimum atomic E-state index is -2.28. The number of aliphatic hydroxyl groups excluding tert-OH is 3. The molecule has 1 amide bonds. The first kappa shape index (κ1) is 27.1. The van der Waals surface area contributed by atoms with Crippen LogP contribution in [0.5, 0.6) is 0 Å². The van der Waals surface area contributed by atoms with Crippen molar-refractivity contribution >= 4 is 23.5 Å². The Morgan fingerprint density at radius 1 is 1.38 bits per heavy atom. The van der Waals surface area contributed by atoms with E-state index in [1.165, 1.54) is 6.20 Å². The Balaban J connectivity index is 0.000000409. The predicted octanol–water partition coefficient (Wildman–Crippen LogP) is -1.39. The highest BCUT2D eigenvalue weighted by molar-refractivity contribution is 6.22. The van der Waals surface area contributed by atoms with Crippen LogP contribution in [0.3, 0.4) is 0 Å². The summed E-state index contributed by atoms with van der Waals surface area (Å²) in [5.74, 6) is -0.997. The smallest absolute Gasteiger partial charge is 0.320 e. The number of aliphatic carboxylic acids is 1. The fourth-order valence-electron chi connectivity index (χ4n) is 2.03. The Morgan fingerprint density at radius 3 is 2.17 bits per heavy atom. The van der Waals surface area contributed by atoms with Crippen LogP contribution in [0.2, 0.25) is 0 Å². The summed E-state index contributed by atoms with van der Waals surface area (Å²) in [4.78, 5) is 24.2. The van der Waals surface area contributed by atoms with Gasteiger partial charge in [0.25, 0.3) is 5.25 Å². The van der Waals surface area contributed by atoms with E-state index in [1.807, 2.05) is 13.8 Å². The second kappa shape index (κ2) is 12.6. The van der Waals surface area contributed by atoms with Crippen molar-refractivity contribution in [3.8, 4) is 0 Å². The fourth-order valence-corrected chi connectivity index (χ4v) is 2.27. The first-order valence-corrected chi connectivity index (χ1v) is 8.95. The molecule has 2 heterocycles. The van der Waals surface area contributed by atoms with Gasteiger partial charge in [-0.3, -0.25) is 14.6 Å². The normalized spacial score (nSPS) is 26.6. The van der Waals surface area contributed by atoms with Crippen molar-refractivity contribution in [3.05, 3.63) is 30.1 Å². The highest BCUT2D eigenvalue weighted by Gasteiger charge is 2.52. The molecule has 1 saturated heterocycles. The molecule has 12 heteroatoms. The number of ether oxygens (including phenoxy) is 1. The lowest BCUT2D eigenvalue weighted by Gasteiger charge is -2.16. The number of pyridine rings is 1. The van der Waals surface area contributed by atoms with Gasteiger partial charge in [-0.1, -0.05) is 25.4 Å². The third-order valence-electron chi connectivity index (χ3n) is 3.55. The molecule has 1 aliphatic rings. The molecule has 9 N–H and O–H groups in total. The third-order valence-corrected chi connectivity index (χ3v) is 3.87. The molecule has 1 aromatic heterocycles. The number of hydrogen-bond donors (Lipinski definition) is 7.